The number of unbranched alkanes of at least 4 members (excludes halogenated alkanes) is 3. The van der Waals surface area contributed by atoms with E-state index in [1.807, 2.05) is 30.0 Å². The smallest absolute Gasteiger partial charge is 0.315 e. The number of carbonyl (C=O) groups excluding carboxylic acids is 3. The fraction of sp³-hybridized carbons (Fsp3) is 0.468. The Bertz CT molecular complexity index is 1820. The number of nitrogens with zero attached hydrogens (tertiary/aromatic N) is 1. The molecule has 1 aliphatic heterocycles. The third-order valence-corrected chi connectivity index (χ3v) is 11.2. The van der Waals surface area contributed by atoms with Crippen molar-refractivity contribution in [3.8, 4) is 0 Å². The molecule has 0 bridgehead atoms. The number of nitrogens with one attached hydrogen (secondary N) is 6. The van der Waals surface area contributed by atoms with Crippen molar-refractivity contribution in [3.63, 3.8) is 0 Å². The second-order valence-electron chi connectivity index (χ2n) is 15.7. The standard InChI is InChI=1S/C47H67N7O3S/c1-6-48-37(5)47(32-38-19-10-7-11-20-38)25-17-29-54(34-47)45(56)42(31-39-23-24-40-21-12-13-22-41(40)30-39)53-46(57)51-28-16-15-26-49-36(4)18-9-8-14-27-50-44(55)43(33-58)52-35(2)3/h7,10-13,19-24,30,42-43,48-49,52,58H,2,4-6,8-9,14-18,25-29,31-34H2,1,3H3,(H,50,55)(H2,51,53,57)/t42?,43?,47-/m0/s1. The van der Waals surface area contributed by atoms with Crippen molar-refractivity contribution in [3.05, 3.63) is 121 Å². The van der Waals surface area contributed by atoms with Gasteiger partial charge < -0.3 is 36.8 Å². The van der Waals surface area contributed by atoms with Crippen LogP contribution in [0.25, 0.3) is 10.8 Å². The minimum atomic E-state index is -0.731. The molecule has 0 radical (unpaired) electrons. The Hall–Kier alpha value is -4.90. The van der Waals surface area contributed by atoms with Crippen LogP contribution >= 0.6 is 12.6 Å². The summed E-state index contributed by atoms with van der Waals surface area (Å²) in [7, 11) is 0. The fourth-order valence-electron chi connectivity index (χ4n) is 7.71. The van der Waals surface area contributed by atoms with Crippen LogP contribution in [0.4, 0.5) is 4.79 Å². The third kappa shape index (κ3) is 14.8. The fourth-order valence-corrected chi connectivity index (χ4v) is 7.96. The summed E-state index contributed by atoms with van der Waals surface area (Å²) in [4.78, 5) is 42.1. The highest BCUT2D eigenvalue weighted by molar-refractivity contribution is 7.80. The van der Waals surface area contributed by atoms with E-state index in [0.29, 0.717) is 38.4 Å². The Morgan fingerprint density at radius 2 is 1.47 bits per heavy atom. The Kier molecular flexibility index (Phi) is 19.0. The molecular weight excluding hydrogens is 743 g/mol. The summed E-state index contributed by atoms with van der Waals surface area (Å²) in [5.41, 5.74) is 4.58. The van der Waals surface area contributed by atoms with Gasteiger partial charge in [-0.1, -0.05) is 99.0 Å². The lowest BCUT2D eigenvalue weighted by Gasteiger charge is -2.45. The summed E-state index contributed by atoms with van der Waals surface area (Å²) in [6.45, 7) is 20.1. The number of piperidine rings is 1. The van der Waals surface area contributed by atoms with Gasteiger partial charge in [0.25, 0.3) is 0 Å². The van der Waals surface area contributed by atoms with Crippen LogP contribution in [0.15, 0.2) is 110 Å². The Labute approximate surface area is 352 Å². The molecule has 0 aromatic heterocycles. The monoisotopic (exact) mass is 810 g/mol. The number of hydrogen-bond donors (Lipinski definition) is 7. The molecule has 3 aromatic carbocycles. The van der Waals surface area contributed by atoms with E-state index in [9.17, 15) is 14.4 Å². The van der Waals surface area contributed by atoms with Crippen molar-refractivity contribution in [1.82, 2.24) is 36.8 Å². The summed E-state index contributed by atoms with van der Waals surface area (Å²) < 4.78 is 0. The zero-order chi connectivity index (χ0) is 41.8. The molecule has 1 saturated heterocycles. The SMILES string of the molecule is C=C(C)NC(CS)C(=O)NCCCCCC(=C)NCCCCNC(=O)NC(Cc1ccc2ccccc2c1)C(=O)N1CCC[C@@](Cc2ccccc2)(C(=C)NCC)C1. The summed E-state index contributed by atoms with van der Waals surface area (Å²) >= 11 is 4.25. The predicted octanol–water partition coefficient (Wildman–Crippen LogP) is 7.01. The van der Waals surface area contributed by atoms with Gasteiger partial charge in [0.05, 0.1) is 0 Å². The van der Waals surface area contributed by atoms with Crippen LogP contribution < -0.4 is 31.9 Å². The molecule has 10 nitrogen and oxygen atoms in total. The van der Waals surface area contributed by atoms with E-state index < -0.39 is 6.04 Å². The molecule has 0 saturated carbocycles. The first-order chi connectivity index (χ1) is 28.0. The Morgan fingerprint density at radius 3 is 2.19 bits per heavy atom. The number of thiol groups is 1. The summed E-state index contributed by atoms with van der Waals surface area (Å²) in [6.07, 6.45) is 8.33. The number of likely N-dealkylation sites (tertiary alicyclic amines) is 1. The van der Waals surface area contributed by atoms with Crippen molar-refractivity contribution in [2.24, 2.45) is 5.41 Å². The van der Waals surface area contributed by atoms with Gasteiger partial charge in [-0.2, -0.15) is 12.6 Å². The van der Waals surface area contributed by atoms with Crippen molar-refractivity contribution in [2.75, 3.05) is 45.0 Å². The largest absolute Gasteiger partial charge is 0.389 e. The van der Waals surface area contributed by atoms with Crippen LogP contribution in [0, 0.1) is 5.41 Å². The molecule has 58 heavy (non-hydrogen) atoms. The quantitative estimate of drug-likeness (QED) is 0.0365. The maximum absolute atomic E-state index is 14.5. The average molecular weight is 810 g/mol. The van der Waals surface area contributed by atoms with Crippen LogP contribution in [0.2, 0.25) is 0 Å². The van der Waals surface area contributed by atoms with Gasteiger partial charge in [0.2, 0.25) is 11.8 Å². The lowest BCUT2D eigenvalue weighted by atomic mass is 9.72. The molecule has 2 unspecified atom stereocenters. The molecule has 11 heteroatoms. The van der Waals surface area contributed by atoms with Gasteiger partial charge in [0, 0.05) is 73.9 Å². The molecule has 3 atom stereocenters. The highest BCUT2D eigenvalue weighted by Gasteiger charge is 2.41. The first-order valence-electron chi connectivity index (χ1n) is 21.0. The van der Waals surface area contributed by atoms with Crippen molar-refractivity contribution >= 4 is 41.2 Å². The van der Waals surface area contributed by atoms with E-state index in [1.54, 1.807) is 0 Å². The van der Waals surface area contributed by atoms with E-state index in [4.69, 9.17) is 0 Å². The number of amides is 4. The van der Waals surface area contributed by atoms with Crippen LogP contribution in [-0.4, -0.2) is 79.9 Å². The van der Waals surface area contributed by atoms with Crippen molar-refractivity contribution < 1.29 is 14.4 Å². The van der Waals surface area contributed by atoms with Gasteiger partial charge in [0.15, 0.2) is 0 Å². The van der Waals surface area contributed by atoms with E-state index in [1.165, 1.54) is 5.56 Å². The van der Waals surface area contributed by atoms with Crippen LogP contribution in [0.1, 0.15) is 76.3 Å². The zero-order valence-electron chi connectivity index (χ0n) is 34.8. The number of carbonyl (C=O) groups is 3. The maximum atomic E-state index is 14.5. The van der Waals surface area contributed by atoms with Gasteiger partial charge in [-0.3, -0.25) is 9.59 Å². The predicted molar refractivity (Wildman–Crippen MR) is 243 cm³/mol. The van der Waals surface area contributed by atoms with Gasteiger partial charge in [0.1, 0.15) is 12.1 Å². The number of benzene rings is 3. The molecule has 4 rings (SSSR count). The molecule has 3 aromatic rings. The summed E-state index contributed by atoms with van der Waals surface area (Å²) in [5, 5.41) is 21.2. The minimum absolute atomic E-state index is 0.0591. The summed E-state index contributed by atoms with van der Waals surface area (Å²) in [6, 6.07) is 23.4. The van der Waals surface area contributed by atoms with E-state index in [2.05, 4.69) is 126 Å². The van der Waals surface area contributed by atoms with E-state index in [0.717, 1.165) is 104 Å². The molecule has 0 aliphatic carbocycles. The number of hydrogen-bond acceptors (Lipinski definition) is 7. The molecule has 314 valence electrons. The number of allylic oxidation sites excluding steroid dienone is 2. The second kappa shape index (κ2) is 24.1. The van der Waals surface area contributed by atoms with E-state index >= 15 is 0 Å². The topological polar surface area (TPSA) is 127 Å². The molecule has 1 aliphatic rings. The first kappa shape index (κ1) is 45.8. The Balaban J connectivity index is 1.26. The van der Waals surface area contributed by atoms with Crippen molar-refractivity contribution in [2.45, 2.75) is 90.1 Å². The van der Waals surface area contributed by atoms with Crippen LogP contribution in [0.3, 0.4) is 0 Å². The normalized spacial score (nSPS) is 16.1. The minimum Gasteiger partial charge on any atom is -0.389 e. The van der Waals surface area contributed by atoms with E-state index in [-0.39, 0.29) is 29.3 Å². The highest BCUT2D eigenvalue weighted by Crippen LogP contribution is 2.39. The average Bonchev–Trinajstić information content (AvgIpc) is 3.22. The lowest BCUT2D eigenvalue weighted by Crippen LogP contribution is -2.57. The van der Waals surface area contributed by atoms with Gasteiger partial charge in [-0.15, -0.1) is 0 Å². The zero-order valence-corrected chi connectivity index (χ0v) is 35.7. The number of fused-ring (bicyclic) bond motifs is 1. The molecule has 0 spiro atoms. The molecular formula is C47H67N7O3S. The lowest BCUT2D eigenvalue weighted by molar-refractivity contribution is -0.136. The Morgan fingerprint density at radius 1 is 0.776 bits per heavy atom. The van der Waals surface area contributed by atoms with Gasteiger partial charge in [-0.25, -0.2) is 4.79 Å². The van der Waals surface area contributed by atoms with Crippen LogP contribution in [0.5, 0.6) is 0 Å². The highest BCUT2D eigenvalue weighted by atomic mass is 32.1. The molecule has 4 amide bonds. The van der Waals surface area contributed by atoms with Gasteiger partial charge in [-0.05, 0) is 87.1 Å². The number of rotatable bonds is 25. The van der Waals surface area contributed by atoms with Crippen LogP contribution in [-0.2, 0) is 22.4 Å². The third-order valence-electron chi connectivity index (χ3n) is 10.8. The molecule has 1 heterocycles. The summed E-state index contributed by atoms with van der Waals surface area (Å²) in [5.74, 6) is 0.276. The maximum Gasteiger partial charge on any atom is 0.315 e. The molecule has 6 N–H and O–H groups in total. The van der Waals surface area contributed by atoms with Crippen molar-refractivity contribution in [1.29, 1.82) is 0 Å². The first-order valence-corrected chi connectivity index (χ1v) is 21.7. The van der Waals surface area contributed by atoms with Gasteiger partial charge >= 0.3 is 6.03 Å². The molecule has 1 fully saturated rings. The second-order valence-corrected chi connectivity index (χ2v) is 16.0. The number of urea groups is 1.